The first kappa shape index (κ1) is 18.9. The maximum absolute atomic E-state index is 12.8. The van der Waals surface area contributed by atoms with Crippen LogP contribution in [0.5, 0.6) is 0 Å². The number of aromatic nitrogens is 1. The fourth-order valence-corrected chi connectivity index (χ4v) is 3.28. The van der Waals surface area contributed by atoms with Gasteiger partial charge in [-0.1, -0.05) is 19.4 Å². The van der Waals surface area contributed by atoms with Crippen molar-refractivity contribution in [2.45, 2.75) is 39.0 Å². The Labute approximate surface area is 139 Å². The fourth-order valence-electron chi connectivity index (χ4n) is 3.28. The van der Waals surface area contributed by atoms with E-state index in [4.69, 9.17) is 5.73 Å². The first-order chi connectivity index (χ1) is 10.3. The standard InChI is InChI=1S/C17H27N3O.ClH/c1-2-11-20(12-9-15-7-3-4-10-19-15)17(21)16-8-5-6-14(16)13-18;/h3-4,7,10,14,16H,2,5-6,8-9,11-13,18H2,1H3;1H/t14-,16-;/m1./s1. The molecule has 1 aromatic heterocycles. The molecule has 2 N–H and O–H groups in total. The van der Waals surface area contributed by atoms with Crippen LogP contribution in [0, 0.1) is 11.8 Å². The summed E-state index contributed by atoms with van der Waals surface area (Å²) in [5.74, 6) is 0.831. The average Bonchev–Trinajstić information content (AvgIpc) is 3.00. The van der Waals surface area contributed by atoms with E-state index in [2.05, 4.69) is 11.9 Å². The lowest BCUT2D eigenvalue weighted by atomic mass is 9.94. The molecule has 0 aromatic carbocycles. The Morgan fingerprint density at radius 3 is 2.82 bits per heavy atom. The molecule has 1 aliphatic carbocycles. The molecule has 0 bridgehead atoms. The highest BCUT2D eigenvalue weighted by atomic mass is 35.5. The van der Waals surface area contributed by atoms with Crippen molar-refractivity contribution in [2.24, 2.45) is 17.6 Å². The van der Waals surface area contributed by atoms with Crippen LogP contribution in [0.2, 0.25) is 0 Å². The van der Waals surface area contributed by atoms with Crippen LogP contribution in [0.3, 0.4) is 0 Å². The molecule has 1 heterocycles. The van der Waals surface area contributed by atoms with Crippen LogP contribution in [0.4, 0.5) is 0 Å². The van der Waals surface area contributed by atoms with E-state index in [0.717, 1.165) is 50.9 Å². The molecule has 1 aliphatic rings. The predicted octanol–water partition coefficient (Wildman–Crippen LogP) is 2.66. The van der Waals surface area contributed by atoms with Gasteiger partial charge in [-0.2, -0.15) is 0 Å². The van der Waals surface area contributed by atoms with Gasteiger partial charge in [-0.05, 0) is 43.9 Å². The largest absolute Gasteiger partial charge is 0.342 e. The Balaban J connectivity index is 0.00000242. The maximum atomic E-state index is 12.8. The highest BCUT2D eigenvalue weighted by Gasteiger charge is 2.34. The zero-order valence-electron chi connectivity index (χ0n) is 13.4. The van der Waals surface area contributed by atoms with Gasteiger partial charge in [0, 0.05) is 37.3 Å². The summed E-state index contributed by atoms with van der Waals surface area (Å²) in [6.07, 6.45) is 6.87. The smallest absolute Gasteiger partial charge is 0.226 e. The second-order valence-corrected chi connectivity index (χ2v) is 5.93. The number of amides is 1. The molecule has 2 rings (SSSR count). The van der Waals surface area contributed by atoms with Gasteiger partial charge < -0.3 is 10.6 Å². The van der Waals surface area contributed by atoms with Crippen LogP contribution >= 0.6 is 12.4 Å². The maximum Gasteiger partial charge on any atom is 0.226 e. The number of carbonyl (C=O) groups is 1. The molecule has 0 spiro atoms. The van der Waals surface area contributed by atoms with Crippen molar-refractivity contribution in [2.75, 3.05) is 19.6 Å². The van der Waals surface area contributed by atoms with E-state index in [1.165, 1.54) is 0 Å². The Hall–Kier alpha value is -1.13. The zero-order valence-corrected chi connectivity index (χ0v) is 14.2. The Morgan fingerprint density at radius 2 is 2.18 bits per heavy atom. The van der Waals surface area contributed by atoms with Gasteiger partial charge in [0.25, 0.3) is 0 Å². The predicted molar refractivity (Wildman–Crippen MR) is 91.9 cm³/mol. The van der Waals surface area contributed by atoms with Gasteiger partial charge in [0.1, 0.15) is 0 Å². The van der Waals surface area contributed by atoms with Crippen LogP contribution in [0.15, 0.2) is 24.4 Å². The number of halogens is 1. The second kappa shape index (κ2) is 9.80. The summed E-state index contributed by atoms with van der Waals surface area (Å²) in [5, 5.41) is 0. The number of hydrogen-bond donors (Lipinski definition) is 1. The zero-order chi connectivity index (χ0) is 15.1. The van der Waals surface area contributed by atoms with Gasteiger partial charge in [-0.15, -0.1) is 12.4 Å². The van der Waals surface area contributed by atoms with Crippen molar-refractivity contribution >= 4 is 18.3 Å². The molecule has 1 saturated carbocycles. The summed E-state index contributed by atoms with van der Waals surface area (Å²) in [4.78, 5) is 19.1. The average molecular weight is 326 g/mol. The molecule has 1 fully saturated rings. The molecule has 22 heavy (non-hydrogen) atoms. The minimum Gasteiger partial charge on any atom is -0.342 e. The molecule has 5 heteroatoms. The normalized spacial score (nSPS) is 20.5. The molecule has 0 aliphatic heterocycles. The van der Waals surface area contributed by atoms with E-state index >= 15 is 0 Å². The van der Waals surface area contributed by atoms with Gasteiger partial charge >= 0.3 is 0 Å². The number of pyridine rings is 1. The van der Waals surface area contributed by atoms with Crippen molar-refractivity contribution in [1.82, 2.24) is 9.88 Å². The van der Waals surface area contributed by atoms with Gasteiger partial charge in [-0.3, -0.25) is 9.78 Å². The van der Waals surface area contributed by atoms with Gasteiger partial charge in [-0.25, -0.2) is 0 Å². The second-order valence-electron chi connectivity index (χ2n) is 5.93. The summed E-state index contributed by atoms with van der Waals surface area (Å²) in [7, 11) is 0. The Bertz CT molecular complexity index is 441. The van der Waals surface area contributed by atoms with Crippen LogP contribution < -0.4 is 5.73 Å². The molecule has 4 nitrogen and oxygen atoms in total. The van der Waals surface area contributed by atoms with Crippen molar-refractivity contribution in [3.05, 3.63) is 30.1 Å². The molecule has 0 radical (unpaired) electrons. The lowest BCUT2D eigenvalue weighted by Crippen LogP contribution is -2.40. The first-order valence-electron chi connectivity index (χ1n) is 8.15. The van der Waals surface area contributed by atoms with E-state index in [0.29, 0.717) is 18.4 Å². The van der Waals surface area contributed by atoms with Crippen molar-refractivity contribution in [1.29, 1.82) is 0 Å². The topological polar surface area (TPSA) is 59.2 Å². The highest BCUT2D eigenvalue weighted by molar-refractivity contribution is 5.85. The fraction of sp³-hybridized carbons (Fsp3) is 0.647. The molecule has 0 unspecified atom stereocenters. The summed E-state index contributed by atoms with van der Waals surface area (Å²) < 4.78 is 0. The van der Waals surface area contributed by atoms with Crippen LogP contribution in [0.1, 0.15) is 38.3 Å². The van der Waals surface area contributed by atoms with Crippen LogP contribution in [-0.2, 0) is 11.2 Å². The Kier molecular flexibility index (Phi) is 8.43. The minimum absolute atomic E-state index is 0. The molecule has 0 saturated heterocycles. The third kappa shape index (κ3) is 4.96. The summed E-state index contributed by atoms with van der Waals surface area (Å²) in [6, 6.07) is 5.94. The first-order valence-corrected chi connectivity index (χ1v) is 8.15. The number of carbonyl (C=O) groups excluding carboxylic acids is 1. The highest BCUT2D eigenvalue weighted by Crippen LogP contribution is 2.32. The van der Waals surface area contributed by atoms with Gasteiger partial charge in [0.15, 0.2) is 0 Å². The molecular weight excluding hydrogens is 298 g/mol. The summed E-state index contributed by atoms with van der Waals surface area (Å²) in [5.41, 5.74) is 6.87. The molecular formula is C17H28ClN3O. The van der Waals surface area contributed by atoms with Gasteiger partial charge in [0.2, 0.25) is 5.91 Å². The number of hydrogen-bond acceptors (Lipinski definition) is 3. The molecule has 124 valence electrons. The third-order valence-electron chi connectivity index (χ3n) is 4.45. The third-order valence-corrected chi connectivity index (χ3v) is 4.45. The van der Waals surface area contributed by atoms with Crippen LogP contribution in [0.25, 0.3) is 0 Å². The van der Waals surface area contributed by atoms with Gasteiger partial charge in [0.05, 0.1) is 0 Å². The van der Waals surface area contributed by atoms with E-state index in [-0.39, 0.29) is 18.3 Å². The molecule has 2 atom stereocenters. The van der Waals surface area contributed by atoms with Crippen molar-refractivity contribution < 1.29 is 4.79 Å². The molecule has 1 aromatic rings. The van der Waals surface area contributed by atoms with E-state index in [1.807, 2.05) is 29.3 Å². The summed E-state index contributed by atoms with van der Waals surface area (Å²) in [6.45, 7) is 4.35. The van der Waals surface area contributed by atoms with E-state index in [9.17, 15) is 4.79 Å². The van der Waals surface area contributed by atoms with Crippen molar-refractivity contribution in [3.63, 3.8) is 0 Å². The summed E-state index contributed by atoms with van der Waals surface area (Å²) >= 11 is 0. The lowest BCUT2D eigenvalue weighted by molar-refractivity contribution is -0.136. The lowest BCUT2D eigenvalue weighted by Gasteiger charge is -2.27. The van der Waals surface area contributed by atoms with E-state index in [1.54, 1.807) is 0 Å². The van der Waals surface area contributed by atoms with E-state index < -0.39 is 0 Å². The SMILES string of the molecule is CCCN(CCc1ccccn1)C(=O)[C@@H]1CCC[C@@H]1CN.Cl. The van der Waals surface area contributed by atoms with Crippen molar-refractivity contribution in [3.8, 4) is 0 Å². The number of nitrogens with two attached hydrogens (primary N) is 1. The number of nitrogens with zero attached hydrogens (tertiary/aromatic N) is 2. The monoisotopic (exact) mass is 325 g/mol. The van der Waals surface area contributed by atoms with Crippen LogP contribution in [-0.4, -0.2) is 35.4 Å². The number of rotatable bonds is 7. The Morgan fingerprint density at radius 1 is 1.36 bits per heavy atom. The molecule has 1 amide bonds. The minimum atomic E-state index is 0. The quantitative estimate of drug-likeness (QED) is 0.838.